The van der Waals surface area contributed by atoms with Crippen molar-refractivity contribution in [1.82, 2.24) is 0 Å². The van der Waals surface area contributed by atoms with Gasteiger partial charge in [-0.25, -0.2) is 4.57 Å². The minimum absolute atomic E-state index is 0.0981. The number of phosphoric acid groups is 1. The van der Waals surface area contributed by atoms with Crippen LogP contribution in [0.5, 0.6) is 0 Å². The topological polar surface area (TPSA) is 44.8 Å². The maximum Gasteiger partial charge on any atom is 0.475 e. The van der Waals surface area contributed by atoms with Crippen molar-refractivity contribution in [1.29, 1.82) is 0 Å². The summed E-state index contributed by atoms with van der Waals surface area (Å²) >= 11 is 0. The van der Waals surface area contributed by atoms with Crippen molar-refractivity contribution >= 4 is 7.82 Å². The Balaban J connectivity index is 1.97. The third-order valence-electron chi connectivity index (χ3n) is 2.20. The number of benzene rings is 1. The number of hydrogen-bond acceptors (Lipinski definition) is 4. The van der Waals surface area contributed by atoms with Crippen molar-refractivity contribution < 1.29 is 31.3 Å². The number of hydrogen-bond donors (Lipinski definition) is 0. The van der Waals surface area contributed by atoms with Gasteiger partial charge in [0.25, 0.3) is 0 Å². The van der Waals surface area contributed by atoms with Crippen LogP contribution in [0, 0.1) is 0 Å². The van der Waals surface area contributed by atoms with E-state index >= 15 is 0 Å². The highest BCUT2D eigenvalue weighted by molar-refractivity contribution is 7.48. The summed E-state index contributed by atoms with van der Waals surface area (Å²) in [7, 11) is -4.11. The van der Waals surface area contributed by atoms with Gasteiger partial charge in [-0.2, -0.15) is 13.2 Å². The van der Waals surface area contributed by atoms with E-state index in [1.54, 1.807) is 30.3 Å². The summed E-state index contributed by atoms with van der Waals surface area (Å²) in [5.41, 5.74) is 0.672. The van der Waals surface area contributed by atoms with Gasteiger partial charge in [0.05, 0.1) is 6.61 Å². The predicted octanol–water partition coefficient (Wildman–Crippen LogP) is 3.46. The van der Waals surface area contributed by atoms with Gasteiger partial charge in [-0.05, 0) is 5.56 Å². The molecule has 1 heterocycles. The summed E-state index contributed by atoms with van der Waals surface area (Å²) < 4.78 is 61.4. The Morgan fingerprint density at radius 1 is 1.33 bits per heavy atom. The Bertz CT molecular complexity index is 448. The first-order chi connectivity index (χ1) is 8.38. The molecule has 0 unspecified atom stereocenters. The Morgan fingerprint density at radius 2 is 2.00 bits per heavy atom. The van der Waals surface area contributed by atoms with Crippen molar-refractivity contribution in [3.05, 3.63) is 35.9 Å². The van der Waals surface area contributed by atoms with Gasteiger partial charge >= 0.3 is 14.0 Å². The highest BCUT2D eigenvalue weighted by Crippen LogP contribution is 2.59. The summed E-state index contributed by atoms with van der Waals surface area (Å²) in [6, 6.07) is 8.65. The van der Waals surface area contributed by atoms with Crippen LogP contribution >= 0.6 is 7.82 Å². The highest BCUT2D eigenvalue weighted by Gasteiger charge is 2.42. The maximum atomic E-state index is 11.9. The predicted molar refractivity (Wildman–Crippen MR) is 55.8 cm³/mol. The van der Waals surface area contributed by atoms with Gasteiger partial charge in [0, 0.05) is 0 Å². The lowest BCUT2D eigenvalue weighted by Gasteiger charge is -2.12. The first-order valence-electron chi connectivity index (χ1n) is 5.07. The zero-order valence-corrected chi connectivity index (χ0v) is 9.99. The normalized spacial score (nSPS) is 28.5. The summed E-state index contributed by atoms with van der Waals surface area (Å²) in [5.74, 6) is 0. The van der Waals surface area contributed by atoms with Crippen molar-refractivity contribution in [2.75, 3.05) is 13.2 Å². The fourth-order valence-corrected chi connectivity index (χ4v) is 2.73. The number of rotatable bonds is 3. The second kappa shape index (κ2) is 5.01. The molecule has 0 radical (unpaired) electrons. The van der Waals surface area contributed by atoms with Gasteiger partial charge in [-0.3, -0.25) is 13.6 Å². The molecule has 1 aromatic rings. The van der Waals surface area contributed by atoms with Crippen LogP contribution in [0.15, 0.2) is 30.3 Å². The Hall–Kier alpha value is -0.880. The third kappa shape index (κ3) is 3.55. The molecule has 4 nitrogen and oxygen atoms in total. The highest BCUT2D eigenvalue weighted by atomic mass is 31.2. The van der Waals surface area contributed by atoms with Gasteiger partial charge in [-0.1, -0.05) is 30.3 Å². The maximum absolute atomic E-state index is 11.9. The molecule has 2 atom stereocenters. The Morgan fingerprint density at radius 3 is 2.61 bits per heavy atom. The van der Waals surface area contributed by atoms with Crippen LogP contribution in [0.1, 0.15) is 11.7 Å². The molecule has 0 N–H and O–H groups in total. The summed E-state index contributed by atoms with van der Waals surface area (Å²) in [6.45, 7) is -1.76. The van der Waals surface area contributed by atoms with Crippen molar-refractivity contribution in [3.8, 4) is 0 Å². The lowest BCUT2D eigenvalue weighted by Crippen LogP contribution is -2.16. The largest absolute Gasteiger partial charge is 0.475 e. The SMILES string of the molecule is O=[P@]1(OCC(F)(F)F)OC[C@@H](c2ccccc2)O1. The average molecular weight is 282 g/mol. The van der Waals surface area contributed by atoms with E-state index < -0.39 is 26.7 Å². The monoisotopic (exact) mass is 282 g/mol. The molecular weight excluding hydrogens is 272 g/mol. The summed E-state index contributed by atoms with van der Waals surface area (Å²) in [5, 5.41) is 0. The lowest BCUT2D eigenvalue weighted by atomic mass is 10.1. The van der Waals surface area contributed by atoms with Gasteiger partial charge < -0.3 is 0 Å². The molecule has 18 heavy (non-hydrogen) atoms. The van der Waals surface area contributed by atoms with Crippen molar-refractivity contribution in [2.45, 2.75) is 12.3 Å². The zero-order chi connectivity index (χ0) is 13.2. The molecule has 0 spiro atoms. The van der Waals surface area contributed by atoms with Crippen molar-refractivity contribution in [2.24, 2.45) is 0 Å². The number of phosphoric ester groups is 1. The molecule has 2 rings (SSSR count). The van der Waals surface area contributed by atoms with E-state index in [2.05, 4.69) is 4.52 Å². The van der Waals surface area contributed by atoms with Gasteiger partial charge in [-0.15, -0.1) is 0 Å². The molecule has 1 aromatic carbocycles. The Labute approximate surface area is 101 Å². The molecule has 1 aliphatic rings. The number of alkyl halides is 3. The minimum Gasteiger partial charge on any atom is -0.284 e. The molecule has 0 amide bonds. The summed E-state index contributed by atoms with van der Waals surface area (Å²) in [4.78, 5) is 0. The minimum atomic E-state index is -4.57. The van der Waals surface area contributed by atoms with E-state index in [4.69, 9.17) is 9.05 Å². The van der Waals surface area contributed by atoms with Crippen LogP contribution in [0.3, 0.4) is 0 Å². The lowest BCUT2D eigenvalue weighted by molar-refractivity contribution is -0.157. The smallest absolute Gasteiger partial charge is 0.284 e. The van der Waals surface area contributed by atoms with Gasteiger partial charge in [0.1, 0.15) is 6.10 Å². The van der Waals surface area contributed by atoms with E-state index in [1.807, 2.05) is 0 Å². The molecule has 1 saturated heterocycles. The molecular formula is C10H10F3O4P. The molecule has 8 heteroatoms. The molecule has 1 fully saturated rings. The fourth-order valence-electron chi connectivity index (χ4n) is 1.42. The molecule has 100 valence electrons. The van der Waals surface area contributed by atoms with E-state index in [9.17, 15) is 17.7 Å². The average Bonchev–Trinajstić information content (AvgIpc) is 2.71. The fraction of sp³-hybridized carbons (Fsp3) is 0.400. The van der Waals surface area contributed by atoms with E-state index in [-0.39, 0.29) is 6.61 Å². The second-order valence-electron chi connectivity index (χ2n) is 3.64. The van der Waals surface area contributed by atoms with Gasteiger partial charge in [0.15, 0.2) is 6.61 Å². The van der Waals surface area contributed by atoms with Crippen LogP contribution in [0.25, 0.3) is 0 Å². The van der Waals surface area contributed by atoms with E-state index in [0.29, 0.717) is 5.56 Å². The molecule has 1 aliphatic heterocycles. The van der Waals surface area contributed by atoms with Crippen LogP contribution in [0.4, 0.5) is 13.2 Å². The standard InChI is InChI=1S/C10H10F3O4P/c11-10(12,13)7-16-18(14)15-6-9(17-18)8-4-2-1-3-5-8/h1-5,9H,6-7H2/t9-,18+/m0/s1. The van der Waals surface area contributed by atoms with Crippen LogP contribution in [-0.4, -0.2) is 19.4 Å². The first-order valence-corrected chi connectivity index (χ1v) is 6.53. The quantitative estimate of drug-likeness (QED) is 0.796. The third-order valence-corrected chi connectivity index (χ3v) is 3.62. The molecule has 0 aromatic heterocycles. The second-order valence-corrected chi connectivity index (χ2v) is 5.26. The van der Waals surface area contributed by atoms with Gasteiger partial charge in [0.2, 0.25) is 0 Å². The molecule has 0 bridgehead atoms. The van der Waals surface area contributed by atoms with Crippen LogP contribution < -0.4 is 0 Å². The molecule has 0 aliphatic carbocycles. The van der Waals surface area contributed by atoms with E-state index in [1.165, 1.54) is 0 Å². The van der Waals surface area contributed by atoms with Crippen molar-refractivity contribution in [3.63, 3.8) is 0 Å². The Kier molecular flexibility index (Phi) is 3.77. The molecule has 0 saturated carbocycles. The van der Waals surface area contributed by atoms with Crippen LogP contribution in [-0.2, 0) is 18.1 Å². The zero-order valence-electron chi connectivity index (χ0n) is 9.09. The van der Waals surface area contributed by atoms with E-state index in [0.717, 1.165) is 0 Å². The summed E-state index contributed by atoms with van der Waals surface area (Å²) in [6.07, 6.45) is -5.25. The first kappa shape index (κ1) is 13.5. The van der Waals surface area contributed by atoms with Crippen LogP contribution in [0.2, 0.25) is 0 Å². The number of halogens is 3.